The van der Waals surface area contributed by atoms with E-state index in [2.05, 4.69) is 4.98 Å². The summed E-state index contributed by atoms with van der Waals surface area (Å²) < 4.78 is 0. The summed E-state index contributed by atoms with van der Waals surface area (Å²) >= 11 is 12.6. The van der Waals surface area contributed by atoms with Crippen LogP contribution in [0.2, 0.25) is 5.02 Å². The van der Waals surface area contributed by atoms with Crippen molar-refractivity contribution in [2.75, 3.05) is 0 Å². The van der Waals surface area contributed by atoms with Gasteiger partial charge < -0.3 is 0 Å². The second-order valence-corrected chi connectivity index (χ2v) is 4.07. The van der Waals surface area contributed by atoms with E-state index in [9.17, 15) is 0 Å². The molecule has 0 amide bonds. The van der Waals surface area contributed by atoms with Crippen LogP contribution >= 0.6 is 34.5 Å². The van der Waals surface area contributed by atoms with E-state index in [-0.39, 0.29) is 0 Å². The van der Waals surface area contributed by atoms with Gasteiger partial charge in [0.15, 0.2) is 0 Å². The first kappa shape index (κ1) is 11.5. The van der Waals surface area contributed by atoms with Crippen molar-refractivity contribution >= 4 is 34.5 Å². The van der Waals surface area contributed by atoms with Crippen molar-refractivity contribution in [2.24, 2.45) is 0 Å². The third-order valence-electron chi connectivity index (χ3n) is 1.35. The monoisotopic (exact) mass is 245 g/mol. The summed E-state index contributed by atoms with van der Waals surface area (Å²) in [6.45, 7) is 0. The largest absolute Gasteiger partial charge is 0.253 e. The Labute approximate surface area is 97.3 Å². The second kappa shape index (κ2) is 6.82. The van der Waals surface area contributed by atoms with Crippen LogP contribution in [0.1, 0.15) is 4.88 Å². The standard InChI is InChI=1S/C6H5Cl.C4H4ClNS/c7-6-4-2-1-3-5-6;5-1-4-2-6-3-7-4/h1-5H;2-3H,1H2. The maximum absolute atomic E-state index is 5.54. The second-order valence-electron chi connectivity index (χ2n) is 2.40. The number of alkyl halides is 1. The Morgan fingerprint density at radius 2 is 1.93 bits per heavy atom. The lowest BCUT2D eigenvalue weighted by Gasteiger charge is -1.80. The fraction of sp³-hybridized carbons (Fsp3) is 0.100. The number of rotatable bonds is 1. The van der Waals surface area contributed by atoms with Gasteiger partial charge in [-0.05, 0) is 12.1 Å². The van der Waals surface area contributed by atoms with Crippen LogP contribution in [0.3, 0.4) is 0 Å². The van der Waals surface area contributed by atoms with Gasteiger partial charge >= 0.3 is 0 Å². The van der Waals surface area contributed by atoms with Gasteiger partial charge in [-0.3, -0.25) is 4.98 Å². The van der Waals surface area contributed by atoms with Gasteiger partial charge in [-0.15, -0.1) is 22.9 Å². The maximum Gasteiger partial charge on any atom is 0.0794 e. The van der Waals surface area contributed by atoms with Gasteiger partial charge in [0.2, 0.25) is 0 Å². The Morgan fingerprint density at radius 1 is 1.21 bits per heavy atom. The molecule has 74 valence electrons. The fourth-order valence-electron chi connectivity index (χ4n) is 0.723. The Hall–Kier alpha value is -0.570. The Kier molecular flexibility index (Phi) is 5.60. The van der Waals surface area contributed by atoms with Gasteiger partial charge in [-0.25, -0.2) is 0 Å². The lowest BCUT2D eigenvalue weighted by molar-refractivity contribution is 1.37. The SMILES string of the molecule is ClCc1cncs1.Clc1ccccc1. The average molecular weight is 246 g/mol. The summed E-state index contributed by atoms with van der Waals surface area (Å²) in [5.74, 6) is 0.588. The van der Waals surface area contributed by atoms with E-state index in [1.807, 2.05) is 30.3 Å². The Balaban J connectivity index is 0.000000140. The van der Waals surface area contributed by atoms with Crippen LogP contribution < -0.4 is 0 Å². The van der Waals surface area contributed by atoms with Crippen LogP contribution in [0.4, 0.5) is 0 Å². The first-order valence-electron chi connectivity index (χ1n) is 3.97. The minimum Gasteiger partial charge on any atom is -0.253 e. The van der Waals surface area contributed by atoms with E-state index in [0.29, 0.717) is 5.88 Å². The molecule has 2 aromatic rings. The van der Waals surface area contributed by atoms with Gasteiger partial charge in [0.25, 0.3) is 0 Å². The Bertz CT molecular complexity index is 334. The number of hydrogen-bond donors (Lipinski definition) is 0. The minimum atomic E-state index is 0.588. The molecule has 0 bridgehead atoms. The molecule has 14 heavy (non-hydrogen) atoms. The highest BCUT2D eigenvalue weighted by molar-refractivity contribution is 7.09. The molecule has 0 atom stereocenters. The molecule has 0 aliphatic heterocycles. The van der Waals surface area contributed by atoms with Crippen LogP contribution in [-0.4, -0.2) is 4.98 Å². The van der Waals surface area contributed by atoms with Crippen LogP contribution in [0, 0.1) is 0 Å². The van der Waals surface area contributed by atoms with Crippen molar-refractivity contribution in [1.82, 2.24) is 4.98 Å². The normalized spacial score (nSPS) is 9.00. The third-order valence-corrected chi connectivity index (χ3v) is 2.83. The van der Waals surface area contributed by atoms with E-state index in [1.165, 1.54) is 0 Å². The zero-order valence-corrected chi connectivity index (χ0v) is 9.69. The fourth-order valence-corrected chi connectivity index (χ4v) is 1.57. The van der Waals surface area contributed by atoms with Crippen molar-refractivity contribution in [3.63, 3.8) is 0 Å². The summed E-state index contributed by atoms with van der Waals surface area (Å²) in [4.78, 5) is 4.95. The first-order chi connectivity index (χ1) is 6.83. The average Bonchev–Trinajstić information content (AvgIpc) is 2.72. The summed E-state index contributed by atoms with van der Waals surface area (Å²) in [6, 6.07) is 9.44. The first-order valence-corrected chi connectivity index (χ1v) is 5.76. The summed E-state index contributed by atoms with van der Waals surface area (Å²) in [6.07, 6.45) is 1.78. The number of thiazole rings is 1. The molecular weight excluding hydrogens is 237 g/mol. The number of nitrogens with zero attached hydrogens (tertiary/aromatic N) is 1. The molecule has 4 heteroatoms. The van der Waals surface area contributed by atoms with Crippen molar-refractivity contribution in [2.45, 2.75) is 5.88 Å². The summed E-state index contributed by atoms with van der Waals surface area (Å²) in [5, 5.41) is 0.794. The summed E-state index contributed by atoms with van der Waals surface area (Å²) in [5.41, 5.74) is 1.78. The predicted molar refractivity (Wildman–Crippen MR) is 63.1 cm³/mol. The molecule has 2 rings (SSSR count). The van der Waals surface area contributed by atoms with Crippen molar-refractivity contribution in [1.29, 1.82) is 0 Å². The van der Waals surface area contributed by atoms with Gasteiger partial charge in [0.05, 0.1) is 11.4 Å². The predicted octanol–water partition coefficient (Wildman–Crippen LogP) is 4.22. The van der Waals surface area contributed by atoms with Crippen LogP contribution in [0.25, 0.3) is 0 Å². The number of benzene rings is 1. The molecular formula is C10H9Cl2NS. The van der Waals surface area contributed by atoms with E-state index < -0.39 is 0 Å². The highest BCUT2D eigenvalue weighted by atomic mass is 35.5. The molecule has 0 radical (unpaired) electrons. The molecule has 0 saturated heterocycles. The maximum atomic E-state index is 5.54. The van der Waals surface area contributed by atoms with Crippen molar-refractivity contribution < 1.29 is 0 Å². The molecule has 1 aromatic carbocycles. The highest BCUT2D eigenvalue weighted by Gasteiger charge is 1.85. The van der Waals surface area contributed by atoms with Crippen LogP contribution in [0.5, 0.6) is 0 Å². The highest BCUT2D eigenvalue weighted by Crippen LogP contribution is 2.07. The molecule has 0 N–H and O–H groups in total. The zero-order chi connectivity index (χ0) is 10.2. The molecule has 1 aromatic heterocycles. The van der Waals surface area contributed by atoms with E-state index >= 15 is 0 Å². The third kappa shape index (κ3) is 4.61. The number of hydrogen-bond acceptors (Lipinski definition) is 2. The van der Waals surface area contributed by atoms with Gasteiger partial charge in [0.1, 0.15) is 0 Å². The molecule has 0 unspecified atom stereocenters. The van der Waals surface area contributed by atoms with Gasteiger partial charge in [0, 0.05) is 16.1 Å². The molecule has 0 fully saturated rings. The lowest BCUT2D eigenvalue weighted by Crippen LogP contribution is -1.60. The molecule has 0 saturated carbocycles. The van der Waals surface area contributed by atoms with Crippen molar-refractivity contribution in [3.8, 4) is 0 Å². The minimum absolute atomic E-state index is 0.588. The van der Waals surface area contributed by atoms with E-state index in [1.54, 1.807) is 23.0 Å². The number of halogens is 2. The zero-order valence-electron chi connectivity index (χ0n) is 7.36. The van der Waals surface area contributed by atoms with E-state index in [4.69, 9.17) is 23.2 Å². The lowest BCUT2D eigenvalue weighted by atomic mass is 10.4. The smallest absolute Gasteiger partial charge is 0.0794 e. The topological polar surface area (TPSA) is 12.9 Å². The van der Waals surface area contributed by atoms with E-state index in [0.717, 1.165) is 9.90 Å². The van der Waals surface area contributed by atoms with Crippen LogP contribution in [-0.2, 0) is 5.88 Å². The molecule has 0 spiro atoms. The van der Waals surface area contributed by atoms with Crippen molar-refractivity contribution in [3.05, 3.63) is 51.9 Å². The Morgan fingerprint density at radius 3 is 2.21 bits per heavy atom. The quantitative estimate of drug-likeness (QED) is 0.686. The molecule has 1 heterocycles. The number of aromatic nitrogens is 1. The molecule has 1 nitrogen and oxygen atoms in total. The molecule has 0 aliphatic rings. The molecule has 0 aliphatic carbocycles. The summed E-state index contributed by atoms with van der Waals surface area (Å²) in [7, 11) is 0. The van der Waals surface area contributed by atoms with Gasteiger partial charge in [-0.2, -0.15) is 0 Å². The van der Waals surface area contributed by atoms with Crippen LogP contribution in [0.15, 0.2) is 42.0 Å². The van der Waals surface area contributed by atoms with Gasteiger partial charge in [-0.1, -0.05) is 29.8 Å².